The van der Waals surface area contributed by atoms with Crippen LogP contribution in [0.25, 0.3) is 11.3 Å². The second-order valence-electron chi connectivity index (χ2n) is 3.57. The average Bonchev–Trinajstić information content (AvgIpc) is 2.39. The third kappa shape index (κ3) is 1.89. The molecule has 10 heteroatoms. The third-order valence-corrected chi connectivity index (χ3v) is 2.34. The van der Waals surface area contributed by atoms with E-state index in [0.29, 0.717) is 0 Å². The van der Waals surface area contributed by atoms with Gasteiger partial charge in [-0.05, 0) is 0 Å². The van der Waals surface area contributed by atoms with Crippen molar-refractivity contribution in [1.29, 1.82) is 0 Å². The summed E-state index contributed by atoms with van der Waals surface area (Å²) in [6.07, 6.45) is 0. The highest BCUT2D eigenvalue weighted by molar-refractivity contribution is 5.66. The minimum Gasteiger partial charge on any atom is -0.381 e. The van der Waals surface area contributed by atoms with Crippen LogP contribution in [0.1, 0.15) is 0 Å². The first-order chi connectivity index (χ1) is 9.25. The van der Waals surface area contributed by atoms with E-state index in [-0.39, 0.29) is 0 Å². The van der Waals surface area contributed by atoms with Crippen LogP contribution in [0.15, 0.2) is 0 Å². The Hall–Kier alpha value is -2.52. The van der Waals surface area contributed by atoms with E-state index in [4.69, 9.17) is 11.5 Å². The van der Waals surface area contributed by atoms with E-state index in [1.54, 1.807) is 0 Å². The fraction of sp³-hybridized carbons (Fsp3) is 0. The minimum absolute atomic E-state index is 0.692. The van der Waals surface area contributed by atoms with E-state index in [9.17, 15) is 26.3 Å². The van der Waals surface area contributed by atoms with Crippen molar-refractivity contribution in [2.24, 2.45) is 0 Å². The van der Waals surface area contributed by atoms with Gasteiger partial charge in [0.2, 0.25) is 11.8 Å². The maximum Gasteiger partial charge on any atom is 0.222 e. The zero-order chi connectivity index (χ0) is 15.2. The van der Waals surface area contributed by atoms with Gasteiger partial charge >= 0.3 is 0 Å². The molecule has 1 aromatic heterocycles. The molecule has 106 valence electrons. The lowest BCUT2D eigenvalue weighted by Gasteiger charge is -2.09. The summed E-state index contributed by atoms with van der Waals surface area (Å²) in [5.74, 6) is -14.5. The largest absolute Gasteiger partial charge is 0.381 e. The number of nitrogens with two attached hydrogens (primary N) is 2. The van der Waals surface area contributed by atoms with Crippen LogP contribution in [0.4, 0.5) is 38.1 Å². The number of benzene rings is 1. The summed E-state index contributed by atoms with van der Waals surface area (Å²) in [6.45, 7) is 0. The van der Waals surface area contributed by atoms with E-state index < -0.39 is 57.9 Å². The Balaban J connectivity index is 2.91. The molecule has 4 nitrogen and oxygen atoms in total. The molecule has 1 aromatic carbocycles. The Morgan fingerprint density at radius 3 is 1.55 bits per heavy atom. The van der Waals surface area contributed by atoms with Crippen LogP contribution < -0.4 is 11.5 Å². The zero-order valence-corrected chi connectivity index (χ0v) is 9.32. The second-order valence-corrected chi connectivity index (χ2v) is 3.57. The zero-order valence-electron chi connectivity index (χ0n) is 9.32. The number of aromatic nitrogens is 2. The van der Waals surface area contributed by atoms with Crippen molar-refractivity contribution in [1.82, 2.24) is 9.97 Å². The molecule has 0 atom stereocenters. The van der Waals surface area contributed by atoms with Gasteiger partial charge in [-0.3, -0.25) is 0 Å². The van der Waals surface area contributed by atoms with Crippen LogP contribution in [-0.2, 0) is 0 Å². The number of hydrogen-bond acceptors (Lipinski definition) is 4. The minimum atomic E-state index is -2.38. The van der Waals surface area contributed by atoms with Gasteiger partial charge < -0.3 is 11.5 Å². The number of anilines is 2. The van der Waals surface area contributed by atoms with E-state index in [0.717, 1.165) is 0 Å². The highest BCUT2D eigenvalue weighted by Crippen LogP contribution is 2.33. The summed E-state index contributed by atoms with van der Waals surface area (Å²) in [5.41, 5.74) is 7.36. The van der Waals surface area contributed by atoms with Crippen molar-refractivity contribution >= 4 is 11.8 Å². The van der Waals surface area contributed by atoms with E-state index in [2.05, 4.69) is 9.97 Å². The number of nitrogen functional groups attached to an aromatic ring is 2. The van der Waals surface area contributed by atoms with Gasteiger partial charge in [0, 0.05) is 0 Å². The topological polar surface area (TPSA) is 77.8 Å². The molecule has 0 spiro atoms. The maximum atomic E-state index is 13.6. The molecule has 0 aliphatic carbocycles. The van der Waals surface area contributed by atoms with Gasteiger partial charge in [0.05, 0.1) is 5.56 Å². The van der Waals surface area contributed by atoms with Gasteiger partial charge in [-0.15, -0.1) is 0 Å². The smallest absolute Gasteiger partial charge is 0.222 e. The quantitative estimate of drug-likeness (QED) is 0.480. The molecule has 0 bridgehead atoms. The van der Waals surface area contributed by atoms with Crippen molar-refractivity contribution in [3.05, 3.63) is 34.9 Å². The molecule has 2 rings (SSSR count). The lowest BCUT2D eigenvalue weighted by atomic mass is 10.1. The van der Waals surface area contributed by atoms with Crippen LogP contribution in [-0.4, -0.2) is 9.97 Å². The Morgan fingerprint density at radius 1 is 0.600 bits per heavy atom. The van der Waals surface area contributed by atoms with Crippen molar-refractivity contribution in [3.63, 3.8) is 0 Å². The molecule has 0 unspecified atom stereocenters. The molecule has 1 heterocycles. The lowest BCUT2D eigenvalue weighted by Crippen LogP contribution is -2.10. The Labute approximate surface area is 107 Å². The Bertz CT molecular complexity index is 689. The SMILES string of the molecule is Nc1nc(N)c(F)c(-c2c(F)c(F)c(F)c(F)c2F)n1. The third-order valence-electron chi connectivity index (χ3n) is 2.34. The molecule has 0 radical (unpaired) electrons. The van der Waals surface area contributed by atoms with Gasteiger partial charge in [-0.1, -0.05) is 0 Å². The fourth-order valence-corrected chi connectivity index (χ4v) is 1.46. The Kier molecular flexibility index (Phi) is 3.16. The van der Waals surface area contributed by atoms with Crippen LogP contribution in [0.3, 0.4) is 0 Å². The molecule has 0 saturated heterocycles. The summed E-state index contributed by atoms with van der Waals surface area (Å²) in [4.78, 5) is 6.26. The summed E-state index contributed by atoms with van der Waals surface area (Å²) >= 11 is 0. The van der Waals surface area contributed by atoms with Crippen LogP contribution in [0, 0.1) is 34.9 Å². The molecule has 0 aliphatic rings. The first kappa shape index (κ1) is 13.9. The summed E-state index contributed by atoms with van der Waals surface area (Å²) in [7, 11) is 0. The first-order valence-electron chi connectivity index (χ1n) is 4.86. The summed E-state index contributed by atoms with van der Waals surface area (Å²) in [6, 6.07) is 0. The molecule has 2 aromatic rings. The van der Waals surface area contributed by atoms with Crippen LogP contribution in [0.2, 0.25) is 0 Å². The van der Waals surface area contributed by atoms with Gasteiger partial charge in [-0.2, -0.15) is 4.98 Å². The average molecular weight is 294 g/mol. The molecule has 0 fully saturated rings. The number of nitrogens with zero attached hydrogens (tertiary/aromatic N) is 2. The van der Waals surface area contributed by atoms with Gasteiger partial charge in [-0.25, -0.2) is 31.3 Å². The maximum absolute atomic E-state index is 13.6. The van der Waals surface area contributed by atoms with Gasteiger partial charge in [0.15, 0.2) is 34.9 Å². The first-order valence-corrected chi connectivity index (χ1v) is 4.86. The summed E-state index contributed by atoms with van der Waals surface area (Å²) in [5, 5.41) is 0. The molecular weight excluding hydrogens is 290 g/mol. The second kappa shape index (κ2) is 4.54. The summed E-state index contributed by atoms with van der Waals surface area (Å²) < 4.78 is 79.6. The molecular formula is C10H4F6N4. The normalized spacial score (nSPS) is 10.9. The number of halogens is 6. The number of hydrogen-bond donors (Lipinski definition) is 2. The van der Waals surface area contributed by atoms with Crippen molar-refractivity contribution < 1.29 is 26.3 Å². The van der Waals surface area contributed by atoms with Gasteiger partial charge in [0.25, 0.3) is 0 Å². The molecule has 4 N–H and O–H groups in total. The monoisotopic (exact) mass is 294 g/mol. The molecule has 0 aliphatic heterocycles. The highest BCUT2D eigenvalue weighted by atomic mass is 19.2. The fourth-order valence-electron chi connectivity index (χ4n) is 1.46. The lowest BCUT2D eigenvalue weighted by molar-refractivity contribution is 0.380. The predicted molar refractivity (Wildman–Crippen MR) is 56.0 cm³/mol. The highest BCUT2D eigenvalue weighted by Gasteiger charge is 2.30. The van der Waals surface area contributed by atoms with Gasteiger partial charge in [0.1, 0.15) is 5.69 Å². The predicted octanol–water partition coefficient (Wildman–Crippen LogP) is 2.14. The Morgan fingerprint density at radius 2 is 1.05 bits per heavy atom. The van der Waals surface area contributed by atoms with E-state index in [1.165, 1.54) is 0 Å². The van der Waals surface area contributed by atoms with E-state index in [1.807, 2.05) is 0 Å². The molecule has 0 saturated carbocycles. The van der Waals surface area contributed by atoms with Crippen LogP contribution >= 0.6 is 0 Å². The van der Waals surface area contributed by atoms with Crippen LogP contribution in [0.5, 0.6) is 0 Å². The number of rotatable bonds is 1. The molecule has 20 heavy (non-hydrogen) atoms. The standard InChI is InChI=1S/C10H4F6N4/c11-2-1(3(12)5(14)6(15)4(2)13)8-7(16)9(17)20-10(18)19-8/h(H4,17,18,19,20). The van der Waals surface area contributed by atoms with Crippen molar-refractivity contribution in [2.75, 3.05) is 11.5 Å². The van der Waals surface area contributed by atoms with E-state index >= 15 is 0 Å². The molecule has 0 amide bonds. The van der Waals surface area contributed by atoms with Crippen molar-refractivity contribution in [3.8, 4) is 11.3 Å². The van der Waals surface area contributed by atoms with Crippen molar-refractivity contribution in [2.45, 2.75) is 0 Å².